The van der Waals surface area contributed by atoms with Gasteiger partial charge >= 0.3 is 0 Å². The van der Waals surface area contributed by atoms with Crippen LogP contribution in [0, 0.1) is 5.92 Å². The van der Waals surface area contributed by atoms with Gasteiger partial charge in [-0.05, 0) is 50.2 Å². The van der Waals surface area contributed by atoms with Gasteiger partial charge < -0.3 is 5.32 Å². The maximum Gasteiger partial charge on any atom is 0.227 e. The molecule has 1 aromatic rings. The summed E-state index contributed by atoms with van der Waals surface area (Å²) >= 11 is 0. The molecule has 2 nitrogen and oxygen atoms in total. The Bertz CT molecular complexity index is 476. The molecule has 22 heavy (non-hydrogen) atoms. The van der Waals surface area contributed by atoms with Gasteiger partial charge in [0, 0.05) is 11.6 Å². The Morgan fingerprint density at radius 3 is 2.59 bits per heavy atom. The summed E-state index contributed by atoms with van der Waals surface area (Å²) in [6.45, 7) is 8.46. The van der Waals surface area contributed by atoms with Crippen molar-refractivity contribution in [2.75, 3.05) is 5.32 Å². The van der Waals surface area contributed by atoms with Gasteiger partial charge in [0.2, 0.25) is 5.91 Å². The Labute approximate surface area is 136 Å². The Morgan fingerprint density at radius 2 is 1.95 bits per heavy atom. The van der Waals surface area contributed by atoms with Crippen molar-refractivity contribution in [3.05, 3.63) is 42.0 Å². The molecule has 0 saturated heterocycles. The lowest BCUT2D eigenvalue weighted by atomic mass is 9.96. The first-order valence-electron chi connectivity index (χ1n) is 8.61. The topological polar surface area (TPSA) is 29.1 Å². The van der Waals surface area contributed by atoms with E-state index in [4.69, 9.17) is 0 Å². The number of benzene rings is 1. The van der Waals surface area contributed by atoms with Crippen LogP contribution in [-0.4, -0.2) is 5.91 Å². The molecule has 1 N–H and O–H groups in total. The summed E-state index contributed by atoms with van der Waals surface area (Å²) in [6, 6.07) is 8.12. The third-order valence-electron chi connectivity index (χ3n) is 4.11. The van der Waals surface area contributed by atoms with Gasteiger partial charge in [-0.25, -0.2) is 0 Å². The zero-order valence-corrected chi connectivity index (χ0v) is 14.6. The SMILES string of the molecule is C/C=C/CCCCC(CC)C(=O)Nc1ccccc1C(C)C. The predicted octanol–water partition coefficient (Wildman–Crippen LogP) is 5.91. The van der Waals surface area contributed by atoms with Gasteiger partial charge in [0.15, 0.2) is 0 Å². The molecule has 0 aliphatic carbocycles. The summed E-state index contributed by atoms with van der Waals surface area (Å²) in [7, 11) is 0. The van der Waals surface area contributed by atoms with E-state index >= 15 is 0 Å². The summed E-state index contributed by atoms with van der Waals surface area (Å²) < 4.78 is 0. The van der Waals surface area contributed by atoms with Crippen LogP contribution in [0.1, 0.15) is 71.3 Å². The molecule has 1 amide bonds. The molecule has 0 fully saturated rings. The molecule has 0 heterocycles. The number of rotatable bonds is 9. The summed E-state index contributed by atoms with van der Waals surface area (Å²) in [4.78, 5) is 12.5. The molecule has 0 aliphatic heterocycles. The zero-order valence-electron chi connectivity index (χ0n) is 14.6. The van der Waals surface area contributed by atoms with E-state index in [0.29, 0.717) is 5.92 Å². The highest BCUT2D eigenvalue weighted by Gasteiger charge is 2.17. The first-order valence-corrected chi connectivity index (χ1v) is 8.61. The minimum absolute atomic E-state index is 0.117. The molecule has 1 atom stereocenters. The van der Waals surface area contributed by atoms with Crippen molar-refractivity contribution in [2.45, 2.75) is 65.7 Å². The normalized spacial score (nSPS) is 12.8. The molecule has 0 saturated carbocycles. The summed E-state index contributed by atoms with van der Waals surface area (Å²) in [5.41, 5.74) is 2.17. The van der Waals surface area contributed by atoms with Crippen LogP contribution in [0.3, 0.4) is 0 Å². The van der Waals surface area contributed by atoms with Gasteiger partial charge in [-0.2, -0.15) is 0 Å². The monoisotopic (exact) mass is 301 g/mol. The van der Waals surface area contributed by atoms with Crippen molar-refractivity contribution in [3.63, 3.8) is 0 Å². The van der Waals surface area contributed by atoms with Gasteiger partial charge in [0.25, 0.3) is 0 Å². The third-order valence-corrected chi connectivity index (χ3v) is 4.11. The fourth-order valence-electron chi connectivity index (χ4n) is 2.69. The molecule has 0 aliphatic rings. The lowest BCUT2D eigenvalue weighted by molar-refractivity contribution is -0.120. The second-order valence-electron chi connectivity index (χ2n) is 6.19. The molecule has 1 aromatic carbocycles. The number of carbonyl (C=O) groups is 1. The average Bonchev–Trinajstić information content (AvgIpc) is 2.51. The van der Waals surface area contributed by atoms with Crippen molar-refractivity contribution in [1.82, 2.24) is 0 Å². The third kappa shape index (κ3) is 6.05. The molecule has 0 bridgehead atoms. The van der Waals surface area contributed by atoms with Crippen LogP contribution in [-0.2, 0) is 4.79 Å². The number of anilines is 1. The van der Waals surface area contributed by atoms with Crippen molar-refractivity contribution < 1.29 is 4.79 Å². The van der Waals surface area contributed by atoms with Crippen LogP contribution in [0.15, 0.2) is 36.4 Å². The molecule has 0 spiro atoms. The Balaban J connectivity index is 2.58. The molecular formula is C20H31NO. The summed E-state index contributed by atoms with van der Waals surface area (Å²) in [6.07, 6.45) is 9.55. The van der Waals surface area contributed by atoms with E-state index < -0.39 is 0 Å². The number of carbonyl (C=O) groups excluding carboxylic acids is 1. The van der Waals surface area contributed by atoms with Crippen LogP contribution >= 0.6 is 0 Å². The van der Waals surface area contributed by atoms with E-state index in [1.807, 2.05) is 18.2 Å². The van der Waals surface area contributed by atoms with E-state index in [1.54, 1.807) is 0 Å². The van der Waals surface area contributed by atoms with E-state index in [1.165, 1.54) is 5.56 Å². The maximum absolute atomic E-state index is 12.5. The quantitative estimate of drug-likeness (QED) is 0.446. The molecule has 1 unspecified atom stereocenters. The lowest BCUT2D eigenvalue weighted by Gasteiger charge is -2.18. The van der Waals surface area contributed by atoms with Crippen LogP contribution in [0.5, 0.6) is 0 Å². The van der Waals surface area contributed by atoms with Crippen LogP contribution in [0.2, 0.25) is 0 Å². The van der Waals surface area contributed by atoms with E-state index in [-0.39, 0.29) is 11.8 Å². The molecular weight excluding hydrogens is 270 g/mol. The number of para-hydroxylation sites is 1. The first-order chi connectivity index (χ1) is 10.6. The number of hydrogen-bond acceptors (Lipinski definition) is 1. The highest BCUT2D eigenvalue weighted by atomic mass is 16.1. The number of hydrogen-bond donors (Lipinski definition) is 1. The first kappa shape index (κ1) is 18.5. The summed E-state index contributed by atoms with van der Waals surface area (Å²) in [5, 5.41) is 3.14. The molecule has 1 rings (SSSR count). The van der Waals surface area contributed by atoms with Crippen LogP contribution < -0.4 is 5.32 Å². The molecule has 2 heteroatoms. The van der Waals surface area contributed by atoms with Crippen molar-refractivity contribution in [3.8, 4) is 0 Å². The van der Waals surface area contributed by atoms with Crippen LogP contribution in [0.4, 0.5) is 5.69 Å². The fraction of sp³-hybridized carbons (Fsp3) is 0.550. The van der Waals surface area contributed by atoms with Crippen molar-refractivity contribution in [1.29, 1.82) is 0 Å². The Morgan fingerprint density at radius 1 is 1.23 bits per heavy atom. The largest absolute Gasteiger partial charge is 0.326 e. The van der Waals surface area contributed by atoms with Gasteiger partial charge in [0.1, 0.15) is 0 Å². The highest BCUT2D eigenvalue weighted by Crippen LogP contribution is 2.25. The number of unbranched alkanes of at least 4 members (excludes halogenated alkanes) is 2. The van der Waals surface area contributed by atoms with Gasteiger partial charge in [-0.1, -0.05) is 57.5 Å². The van der Waals surface area contributed by atoms with Crippen molar-refractivity contribution in [2.24, 2.45) is 5.92 Å². The average molecular weight is 301 g/mol. The fourth-order valence-corrected chi connectivity index (χ4v) is 2.69. The van der Waals surface area contributed by atoms with Gasteiger partial charge in [0.05, 0.1) is 0 Å². The summed E-state index contributed by atoms with van der Waals surface area (Å²) in [5.74, 6) is 0.699. The number of allylic oxidation sites excluding steroid dienone is 2. The number of amides is 1. The number of nitrogens with one attached hydrogen (secondary N) is 1. The van der Waals surface area contributed by atoms with E-state index in [0.717, 1.165) is 37.8 Å². The Kier molecular flexibility index (Phi) is 8.57. The highest BCUT2D eigenvalue weighted by molar-refractivity contribution is 5.93. The molecule has 122 valence electrons. The molecule has 0 aromatic heterocycles. The van der Waals surface area contributed by atoms with Crippen LogP contribution in [0.25, 0.3) is 0 Å². The smallest absolute Gasteiger partial charge is 0.227 e. The van der Waals surface area contributed by atoms with E-state index in [2.05, 4.69) is 51.2 Å². The van der Waals surface area contributed by atoms with Gasteiger partial charge in [-0.3, -0.25) is 4.79 Å². The second kappa shape index (κ2) is 10.2. The lowest BCUT2D eigenvalue weighted by Crippen LogP contribution is -2.23. The van der Waals surface area contributed by atoms with E-state index in [9.17, 15) is 4.79 Å². The minimum Gasteiger partial charge on any atom is -0.326 e. The molecule has 0 radical (unpaired) electrons. The Hall–Kier alpha value is -1.57. The van der Waals surface area contributed by atoms with Crippen molar-refractivity contribution >= 4 is 11.6 Å². The maximum atomic E-state index is 12.5. The zero-order chi connectivity index (χ0) is 16.4. The predicted molar refractivity (Wildman–Crippen MR) is 96.2 cm³/mol. The standard InChI is InChI=1S/C20H31NO/c1-5-7-8-9-10-13-17(6-2)20(22)21-19-15-12-11-14-18(19)16(3)4/h5,7,11-12,14-17H,6,8-10,13H2,1-4H3,(H,21,22)/b7-5+. The van der Waals surface area contributed by atoms with Gasteiger partial charge in [-0.15, -0.1) is 0 Å². The second-order valence-corrected chi connectivity index (χ2v) is 6.19. The minimum atomic E-state index is 0.117.